The molecule has 0 spiro atoms. The largest absolute Gasteiger partial charge is 0.308 e. The van der Waals surface area contributed by atoms with Gasteiger partial charge in [-0.1, -0.05) is 48.5 Å². The summed E-state index contributed by atoms with van der Waals surface area (Å²) in [6.07, 6.45) is 0. The molecule has 12 aromatic rings. The summed E-state index contributed by atoms with van der Waals surface area (Å²) >= 11 is 0. The van der Waals surface area contributed by atoms with E-state index in [4.69, 9.17) is 9.97 Å². The summed E-state index contributed by atoms with van der Waals surface area (Å²) in [7, 11) is 0. The Kier molecular flexibility index (Phi) is 12.1. The van der Waals surface area contributed by atoms with Crippen LogP contribution in [-0.4, -0.2) is 24.1 Å². The fraction of sp³-hybridized carbons (Fsp3) is 0.0294. The lowest BCUT2D eigenvalue weighted by atomic mass is 9.98. The number of nitrogens with zero attached hydrogens (tertiary/aromatic N) is 14. The predicted octanol–water partition coefficient (Wildman–Crippen LogP) is 13.9. The van der Waals surface area contributed by atoms with E-state index in [-0.39, 0.29) is 5.56 Å². The number of fused-ring (bicyclic) bond motifs is 6. The Morgan fingerprint density at radius 1 is 0.268 bits per heavy atom. The van der Waals surface area contributed by atoms with Crippen molar-refractivity contribution >= 4 is 43.6 Å². The number of nitriles is 9. The summed E-state index contributed by atoms with van der Waals surface area (Å²) in [4.78, 5) is 14.2. The smallest absolute Gasteiger partial charge is 0.163 e. The molecule has 0 aliphatic carbocycles. The third kappa shape index (κ3) is 8.53. The van der Waals surface area contributed by atoms with Crippen molar-refractivity contribution in [2.45, 2.75) is 13.8 Å². The van der Waals surface area contributed by atoms with Gasteiger partial charge in [0.1, 0.15) is 23.3 Å². The van der Waals surface area contributed by atoms with Crippen LogP contribution in [-0.2, 0) is 0 Å². The van der Waals surface area contributed by atoms with Crippen LogP contribution in [0.4, 0.5) is 0 Å². The van der Waals surface area contributed by atoms with Gasteiger partial charge in [0.25, 0.3) is 0 Å². The Morgan fingerprint density at radius 3 is 0.756 bits per heavy atom. The normalized spacial score (nSPS) is 10.7. The van der Waals surface area contributed by atoms with E-state index in [0.717, 1.165) is 21.5 Å². The van der Waals surface area contributed by atoms with Gasteiger partial charge in [-0.3, -0.25) is 0 Å². The lowest BCUT2D eigenvalue weighted by molar-refractivity contribution is 0.927. The molecule has 374 valence electrons. The van der Waals surface area contributed by atoms with Gasteiger partial charge in [0.2, 0.25) is 0 Å². The van der Waals surface area contributed by atoms with Crippen LogP contribution in [0.5, 0.6) is 0 Å². The SMILES string of the molecule is Cc1nc(C)nc(-c2cc(-n3c4cc(-c5cc(C#N)cc(C#N)c5)ccc4c4ccc(-c5cc(C#N)cc(C#N)c5)cc43)c(C#N)c(-n3c4cc(-c5cc(C#N)cc(C#N)c5)ccc4c4ccc(-c5cc(C#N)cc(C#N)c5)cc43)c2)n1. The molecule has 0 bridgehead atoms. The molecule has 0 N–H and O–H groups in total. The standard InChI is InChI=1S/C68H32N14/c1-38-78-39(2)80-68(79-38)56-27-66(81-62-23-48(52-15-40(29-69)11-41(16-52)30-70)3-7-57(62)58-8-4-49(24-63(58)81)53-17-42(31-71)12-43(18-53)32-72)61(37-77)67(28-56)82-64-25-50(54-19-44(33-73)13-45(20-54)34-74)5-9-59(64)60-10-6-51(26-65(60)82)55-21-46(35-75)14-47(22-55)36-76/h3-28H,1-2H3. The monoisotopic (exact) mass is 1040 g/mol. The van der Waals surface area contributed by atoms with E-state index in [1.54, 1.807) is 62.4 Å². The van der Waals surface area contributed by atoms with Crippen molar-refractivity contribution in [2.24, 2.45) is 0 Å². The van der Waals surface area contributed by atoms with Crippen LogP contribution in [0.3, 0.4) is 0 Å². The number of rotatable bonds is 7. The molecular weight excluding hydrogens is 1010 g/mol. The van der Waals surface area contributed by atoms with Gasteiger partial charge in [-0.25, -0.2) is 15.0 Å². The molecule has 0 amide bonds. The van der Waals surface area contributed by atoms with Crippen molar-refractivity contribution < 1.29 is 0 Å². The Balaban J connectivity index is 1.25. The number of aromatic nitrogens is 5. The fourth-order valence-electron chi connectivity index (χ4n) is 10.9. The lowest BCUT2D eigenvalue weighted by Gasteiger charge is -2.19. The van der Waals surface area contributed by atoms with Gasteiger partial charge in [-0.2, -0.15) is 47.4 Å². The van der Waals surface area contributed by atoms with Crippen molar-refractivity contribution in [3.8, 4) is 122 Å². The highest BCUT2D eigenvalue weighted by atomic mass is 15.0. The maximum absolute atomic E-state index is 12.1. The molecule has 0 aliphatic rings. The van der Waals surface area contributed by atoms with Crippen molar-refractivity contribution in [3.63, 3.8) is 0 Å². The van der Waals surface area contributed by atoms with Gasteiger partial charge in [0.15, 0.2) is 5.82 Å². The molecule has 0 unspecified atom stereocenters. The van der Waals surface area contributed by atoms with E-state index in [2.05, 4.69) is 59.6 Å². The minimum Gasteiger partial charge on any atom is -0.308 e. The number of hydrogen-bond donors (Lipinski definition) is 0. The molecule has 14 nitrogen and oxygen atoms in total. The second kappa shape index (κ2) is 19.9. The fourth-order valence-corrected chi connectivity index (χ4v) is 10.9. The summed E-state index contributed by atoms with van der Waals surface area (Å²) in [5.74, 6) is 1.21. The first-order chi connectivity index (χ1) is 39.9. The summed E-state index contributed by atoms with van der Waals surface area (Å²) in [5.41, 5.74) is 11.6. The van der Waals surface area contributed by atoms with Crippen LogP contribution in [0.2, 0.25) is 0 Å². The van der Waals surface area contributed by atoms with Crippen LogP contribution < -0.4 is 0 Å². The second-order valence-electron chi connectivity index (χ2n) is 19.4. The minimum atomic E-state index is 0.198. The third-order valence-electron chi connectivity index (χ3n) is 14.4. The molecule has 14 heteroatoms. The zero-order chi connectivity index (χ0) is 56.9. The number of benzene rings is 9. The van der Waals surface area contributed by atoms with Crippen molar-refractivity contribution in [2.75, 3.05) is 0 Å². The second-order valence-corrected chi connectivity index (χ2v) is 19.4. The molecule has 0 atom stereocenters. The first-order valence-corrected chi connectivity index (χ1v) is 25.2. The highest BCUT2D eigenvalue weighted by molar-refractivity contribution is 6.13. The first kappa shape index (κ1) is 49.9. The Labute approximate surface area is 468 Å². The Bertz CT molecular complexity index is 4550. The summed E-state index contributed by atoms with van der Waals surface area (Å²) in [6, 6.07) is 66.9. The van der Waals surface area contributed by atoms with E-state index in [1.807, 2.05) is 94.1 Å². The highest BCUT2D eigenvalue weighted by Crippen LogP contribution is 2.44. The molecule has 0 fully saturated rings. The topological polar surface area (TPSA) is 263 Å². The number of aryl methyl sites for hydroxylation is 2. The van der Waals surface area contributed by atoms with Crippen LogP contribution in [0.25, 0.3) is 111 Å². The quantitative estimate of drug-likeness (QED) is 0.144. The van der Waals surface area contributed by atoms with E-state index < -0.39 is 0 Å². The summed E-state index contributed by atoms with van der Waals surface area (Å²) in [5, 5.41) is 95.7. The molecule has 0 radical (unpaired) electrons. The van der Waals surface area contributed by atoms with Gasteiger partial charge in [0.05, 0.1) is 127 Å². The summed E-state index contributed by atoms with van der Waals surface area (Å²) in [6.45, 7) is 3.54. The molecule has 0 saturated carbocycles. The van der Waals surface area contributed by atoms with E-state index in [9.17, 15) is 47.4 Å². The van der Waals surface area contributed by atoms with Gasteiger partial charge >= 0.3 is 0 Å². The minimum absolute atomic E-state index is 0.198. The Hall–Kier alpha value is -13.0. The molecule has 82 heavy (non-hydrogen) atoms. The van der Waals surface area contributed by atoms with Gasteiger partial charge in [0, 0.05) is 27.1 Å². The van der Waals surface area contributed by atoms with Crippen LogP contribution in [0, 0.1) is 116 Å². The first-order valence-electron chi connectivity index (χ1n) is 25.2. The average Bonchev–Trinajstić information content (AvgIpc) is 2.62. The Morgan fingerprint density at radius 2 is 0.524 bits per heavy atom. The number of hydrogen-bond acceptors (Lipinski definition) is 12. The zero-order valence-electron chi connectivity index (χ0n) is 43.3. The van der Waals surface area contributed by atoms with Gasteiger partial charge < -0.3 is 9.13 Å². The zero-order valence-corrected chi connectivity index (χ0v) is 43.3. The molecule has 0 saturated heterocycles. The maximum atomic E-state index is 12.1. The van der Waals surface area contributed by atoms with Crippen molar-refractivity contribution in [1.29, 1.82) is 47.4 Å². The third-order valence-corrected chi connectivity index (χ3v) is 14.4. The van der Waals surface area contributed by atoms with Crippen LogP contribution in [0.1, 0.15) is 61.7 Å². The molecule has 3 heterocycles. The van der Waals surface area contributed by atoms with Crippen LogP contribution >= 0.6 is 0 Å². The van der Waals surface area contributed by atoms with Crippen LogP contribution in [0.15, 0.2) is 158 Å². The van der Waals surface area contributed by atoms with Crippen molar-refractivity contribution in [1.82, 2.24) is 24.1 Å². The van der Waals surface area contributed by atoms with Crippen molar-refractivity contribution in [3.05, 3.63) is 219 Å². The van der Waals surface area contributed by atoms with E-state index >= 15 is 0 Å². The lowest BCUT2D eigenvalue weighted by Crippen LogP contribution is -2.07. The van der Waals surface area contributed by atoms with E-state index in [0.29, 0.717) is 145 Å². The molecule has 3 aromatic heterocycles. The van der Waals surface area contributed by atoms with E-state index in [1.165, 1.54) is 24.3 Å². The molecular formula is C68H32N14. The molecule has 9 aromatic carbocycles. The molecule has 0 aliphatic heterocycles. The predicted molar refractivity (Wildman–Crippen MR) is 308 cm³/mol. The molecule has 12 rings (SSSR count). The average molecular weight is 1050 g/mol. The van der Waals surface area contributed by atoms with Gasteiger partial charge in [-0.15, -0.1) is 0 Å². The summed E-state index contributed by atoms with van der Waals surface area (Å²) < 4.78 is 3.97. The highest BCUT2D eigenvalue weighted by Gasteiger charge is 2.25. The van der Waals surface area contributed by atoms with Gasteiger partial charge in [-0.05, 0) is 168 Å². The maximum Gasteiger partial charge on any atom is 0.163 e.